The van der Waals surface area contributed by atoms with Crippen LogP contribution in [0.1, 0.15) is 31.9 Å². The van der Waals surface area contributed by atoms with E-state index in [2.05, 4.69) is 61.0 Å². The summed E-state index contributed by atoms with van der Waals surface area (Å²) in [6.07, 6.45) is 0. The fourth-order valence-corrected chi connectivity index (χ4v) is 3.47. The van der Waals surface area contributed by atoms with Crippen LogP contribution in [-0.2, 0) is 5.41 Å². The summed E-state index contributed by atoms with van der Waals surface area (Å²) in [6, 6.07) is 14.3. The molecule has 0 aromatic heterocycles. The molecular formula is C17H19BrN2S. The highest BCUT2D eigenvalue weighted by atomic mass is 79.9. The first-order chi connectivity index (χ1) is 9.77. The van der Waals surface area contributed by atoms with E-state index in [1.807, 2.05) is 18.2 Å². The highest BCUT2D eigenvalue weighted by molar-refractivity contribution is 9.10. The van der Waals surface area contributed by atoms with Gasteiger partial charge in [0.05, 0.1) is 0 Å². The second-order valence-corrected chi connectivity index (χ2v) is 7.96. The summed E-state index contributed by atoms with van der Waals surface area (Å²) in [5.41, 5.74) is 7.89. The smallest absolute Gasteiger partial charge is 0.123 e. The van der Waals surface area contributed by atoms with E-state index in [1.165, 1.54) is 5.56 Å². The molecule has 3 N–H and O–H groups in total. The predicted octanol–water partition coefficient (Wildman–Crippen LogP) is 5.18. The fourth-order valence-electron chi connectivity index (χ4n) is 1.95. The normalized spacial score (nSPS) is 11.4. The molecule has 2 aromatic rings. The van der Waals surface area contributed by atoms with Crippen molar-refractivity contribution in [2.45, 2.75) is 36.0 Å². The van der Waals surface area contributed by atoms with Crippen molar-refractivity contribution >= 4 is 33.5 Å². The summed E-state index contributed by atoms with van der Waals surface area (Å²) in [5.74, 6) is 0.0938. The molecule has 0 aliphatic carbocycles. The van der Waals surface area contributed by atoms with Gasteiger partial charge in [0.15, 0.2) is 0 Å². The summed E-state index contributed by atoms with van der Waals surface area (Å²) in [4.78, 5) is 2.13. The van der Waals surface area contributed by atoms with Crippen LogP contribution < -0.4 is 5.73 Å². The molecule has 0 saturated heterocycles. The molecule has 0 atom stereocenters. The van der Waals surface area contributed by atoms with Crippen molar-refractivity contribution in [3.8, 4) is 0 Å². The number of hydrogen-bond acceptors (Lipinski definition) is 2. The second-order valence-electron chi connectivity index (χ2n) is 5.93. The molecule has 2 rings (SSSR count). The highest BCUT2D eigenvalue weighted by Gasteiger charge is 2.13. The molecule has 0 saturated carbocycles. The van der Waals surface area contributed by atoms with Crippen molar-refractivity contribution in [2.75, 3.05) is 0 Å². The predicted molar refractivity (Wildman–Crippen MR) is 94.4 cm³/mol. The van der Waals surface area contributed by atoms with Crippen LogP contribution in [0.5, 0.6) is 0 Å². The van der Waals surface area contributed by atoms with Gasteiger partial charge in [0.2, 0.25) is 0 Å². The number of nitrogen functional groups attached to an aromatic ring is 1. The zero-order chi connectivity index (χ0) is 15.6. The average molecular weight is 363 g/mol. The van der Waals surface area contributed by atoms with Gasteiger partial charge in [-0.2, -0.15) is 0 Å². The average Bonchev–Trinajstić information content (AvgIpc) is 2.38. The molecule has 21 heavy (non-hydrogen) atoms. The SMILES string of the molecule is CC(C)(C)c1ccc(Sc2cc(Br)ccc2C(=N)N)cc1. The maximum atomic E-state index is 7.68. The van der Waals surface area contributed by atoms with Gasteiger partial charge in [-0.15, -0.1) is 0 Å². The van der Waals surface area contributed by atoms with Gasteiger partial charge in [-0.1, -0.05) is 60.6 Å². The lowest BCUT2D eigenvalue weighted by atomic mass is 9.87. The van der Waals surface area contributed by atoms with Crippen LogP contribution >= 0.6 is 27.7 Å². The van der Waals surface area contributed by atoms with Crippen LogP contribution in [0, 0.1) is 5.41 Å². The Balaban J connectivity index is 2.30. The summed E-state index contributed by atoms with van der Waals surface area (Å²) in [6.45, 7) is 6.62. The van der Waals surface area contributed by atoms with Gasteiger partial charge < -0.3 is 5.73 Å². The van der Waals surface area contributed by atoms with E-state index in [1.54, 1.807) is 11.8 Å². The molecule has 0 bridgehead atoms. The zero-order valence-electron chi connectivity index (χ0n) is 12.4. The second kappa shape index (κ2) is 6.24. The Hall–Kier alpha value is -1.26. The molecule has 0 aliphatic rings. The lowest BCUT2D eigenvalue weighted by Gasteiger charge is -2.19. The molecule has 2 aromatic carbocycles. The van der Waals surface area contributed by atoms with Gasteiger partial charge in [-0.3, -0.25) is 5.41 Å². The van der Waals surface area contributed by atoms with Crippen LogP contribution in [0.4, 0.5) is 0 Å². The summed E-state index contributed by atoms with van der Waals surface area (Å²) in [7, 11) is 0. The minimum atomic E-state index is 0.0938. The Kier molecular flexibility index (Phi) is 4.79. The number of rotatable bonds is 3. The molecule has 0 amide bonds. The maximum Gasteiger partial charge on any atom is 0.123 e. The van der Waals surface area contributed by atoms with Crippen molar-refractivity contribution in [2.24, 2.45) is 5.73 Å². The van der Waals surface area contributed by atoms with Gasteiger partial charge in [0.25, 0.3) is 0 Å². The largest absolute Gasteiger partial charge is 0.384 e. The molecule has 0 fully saturated rings. The van der Waals surface area contributed by atoms with Crippen molar-refractivity contribution < 1.29 is 0 Å². The number of halogens is 1. The van der Waals surface area contributed by atoms with E-state index in [9.17, 15) is 0 Å². The van der Waals surface area contributed by atoms with E-state index < -0.39 is 0 Å². The van der Waals surface area contributed by atoms with E-state index >= 15 is 0 Å². The Morgan fingerprint density at radius 1 is 1.10 bits per heavy atom. The topological polar surface area (TPSA) is 49.9 Å². The van der Waals surface area contributed by atoms with Crippen molar-refractivity contribution in [1.29, 1.82) is 5.41 Å². The maximum absolute atomic E-state index is 7.68. The van der Waals surface area contributed by atoms with Gasteiger partial charge >= 0.3 is 0 Å². The number of hydrogen-bond donors (Lipinski definition) is 2. The standard InChI is InChI=1S/C17H19BrN2S/c1-17(2,3)11-4-7-13(8-5-11)21-15-10-12(18)6-9-14(15)16(19)20/h4-10H,1-3H3,(H3,19,20). The zero-order valence-corrected chi connectivity index (χ0v) is 14.8. The summed E-state index contributed by atoms with van der Waals surface area (Å²) >= 11 is 5.10. The molecule has 0 unspecified atom stereocenters. The van der Waals surface area contributed by atoms with Gasteiger partial charge in [0, 0.05) is 19.8 Å². The molecule has 0 radical (unpaired) electrons. The molecule has 4 heteroatoms. The van der Waals surface area contributed by atoms with Crippen LogP contribution in [-0.4, -0.2) is 5.84 Å². The third-order valence-corrected chi connectivity index (χ3v) is 4.74. The first kappa shape index (κ1) is 16.1. The summed E-state index contributed by atoms with van der Waals surface area (Å²) < 4.78 is 0.987. The van der Waals surface area contributed by atoms with Crippen molar-refractivity contribution in [3.63, 3.8) is 0 Å². The Morgan fingerprint density at radius 2 is 1.71 bits per heavy atom. The molecule has 110 valence electrons. The van der Waals surface area contributed by atoms with E-state index in [0.29, 0.717) is 0 Å². The van der Waals surface area contributed by atoms with Crippen LogP contribution in [0.25, 0.3) is 0 Å². The molecule has 0 spiro atoms. The first-order valence-corrected chi connectivity index (χ1v) is 8.30. The minimum Gasteiger partial charge on any atom is -0.384 e. The number of benzene rings is 2. The first-order valence-electron chi connectivity index (χ1n) is 6.70. The van der Waals surface area contributed by atoms with E-state index in [0.717, 1.165) is 19.8 Å². The number of amidine groups is 1. The quantitative estimate of drug-likeness (QED) is 0.583. The molecular weight excluding hydrogens is 344 g/mol. The molecule has 2 nitrogen and oxygen atoms in total. The highest BCUT2D eigenvalue weighted by Crippen LogP contribution is 2.33. The van der Waals surface area contributed by atoms with Gasteiger partial charge in [-0.25, -0.2) is 0 Å². The fraction of sp³-hybridized carbons (Fsp3) is 0.235. The van der Waals surface area contributed by atoms with Crippen LogP contribution in [0.2, 0.25) is 0 Å². The van der Waals surface area contributed by atoms with Crippen molar-refractivity contribution in [1.82, 2.24) is 0 Å². The third-order valence-electron chi connectivity index (χ3n) is 3.18. The van der Waals surface area contributed by atoms with Crippen molar-refractivity contribution in [3.05, 3.63) is 58.1 Å². The van der Waals surface area contributed by atoms with Crippen LogP contribution in [0.15, 0.2) is 56.7 Å². The Labute approximate surface area is 138 Å². The lowest BCUT2D eigenvalue weighted by molar-refractivity contribution is 0.590. The van der Waals surface area contributed by atoms with Crippen LogP contribution in [0.3, 0.4) is 0 Å². The Morgan fingerprint density at radius 3 is 2.24 bits per heavy atom. The number of nitrogens with one attached hydrogen (secondary N) is 1. The van der Waals surface area contributed by atoms with Gasteiger partial charge in [-0.05, 0) is 41.3 Å². The Bertz CT molecular complexity index is 657. The lowest BCUT2D eigenvalue weighted by Crippen LogP contribution is -2.12. The molecule has 0 aliphatic heterocycles. The summed E-state index contributed by atoms with van der Waals surface area (Å²) in [5, 5.41) is 7.68. The monoisotopic (exact) mass is 362 g/mol. The number of nitrogens with two attached hydrogens (primary N) is 1. The van der Waals surface area contributed by atoms with E-state index in [-0.39, 0.29) is 11.3 Å². The van der Waals surface area contributed by atoms with Gasteiger partial charge in [0.1, 0.15) is 5.84 Å². The molecule has 0 heterocycles. The third kappa shape index (κ3) is 4.11. The minimum absolute atomic E-state index is 0.0938. The van der Waals surface area contributed by atoms with E-state index in [4.69, 9.17) is 11.1 Å².